The van der Waals surface area contributed by atoms with Crippen molar-refractivity contribution in [1.29, 1.82) is 5.26 Å². The van der Waals surface area contributed by atoms with Gasteiger partial charge in [-0.05, 0) is 36.4 Å². The number of nitriles is 1. The average Bonchev–Trinajstić information content (AvgIpc) is 2.61. The van der Waals surface area contributed by atoms with E-state index in [1.165, 1.54) is 0 Å². The number of nitrogens with zero attached hydrogens (tertiary/aromatic N) is 2. The first kappa shape index (κ1) is 15.4. The number of methoxy groups -OCH3 is 1. The van der Waals surface area contributed by atoms with Gasteiger partial charge >= 0.3 is 0 Å². The summed E-state index contributed by atoms with van der Waals surface area (Å²) in [6, 6.07) is 18.0. The number of hydrogen-bond donors (Lipinski definition) is 2. The molecule has 3 aromatic rings. The van der Waals surface area contributed by atoms with Gasteiger partial charge in [0, 0.05) is 16.7 Å². The Balaban J connectivity index is 2.20. The van der Waals surface area contributed by atoms with Crippen molar-refractivity contribution in [2.24, 2.45) is 0 Å². The normalized spacial score (nSPS) is 10.2. The van der Waals surface area contributed by atoms with E-state index in [4.69, 9.17) is 10.5 Å². The second-order valence-electron chi connectivity index (χ2n) is 5.17. The van der Waals surface area contributed by atoms with Crippen molar-refractivity contribution >= 4 is 5.82 Å². The summed E-state index contributed by atoms with van der Waals surface area (Å²) < 4.78 is 5.15. The van der Waals surface area contributed by atoms with Crippen molar-refractivity contribution in [3.05, 3.63) is 60.2 Å². The number of rotatable bonds is 3. The Labute approximate surface area is 139 Å². The molecule has 0 radical (unpaired) electrons. The number of nitrogen functional groups attached to an aromatic ring is 1. The fourth-order valence-electron chi connectivity index (χ4n) is 2.51. The van der Waals surface area contributed by atoms with Crippen molar-refractivity contribution < 1.29 is 9.84 Å². The van der Waals surface area contributed by atoms with Crippen LogP contribution in [0.15, 0.2) is 54.6 Å². The number of phenolic OH excluding ortho intramolecular Hbond substituents is 1. The maximum Gasteiger partial charge on any atom is 0.142 e. The Kier molecular flexibility index (Phi) is 4.04. The zero-order valence-corrected chi connectivity index (χ0v) is 13.0. The molecule has 0 bridgehead atoms. The van der Waals surface area contributed by atoms with Gasteiger partial charge in [0.25, 0.3) is 0 Å². The molecular formula is C19H15N3O2. The molecule has 0 amide bonds. The average molecular weight is 317 g/mol. The van der Waals surface area contributed by atoms with Gasteiger partial charge in [-0.1, -0.05) is 18.2 Å². The Hall–Kier alpha value is -3.52. The topological polar surface area (TPSA) is 92.2 Å². The maximum absolute atomic E-state index is 10.1. The van der Waals surface area contributed by atoms with E-state index >= 15 is 0 Å². The lowest BCUT2D eigenvalue weighted by atomic mass is 9.98. The molecule has 5 nitrogen and oxygen atoms in total. The largest absolute Gasteiger partial charge is 0.507 e. The molecule has 5 heteroatoms. The SMILES string of the molecule is COc1ccc(-c2cc(-c3ccccc3O)c(C#N)c(N)n2)cc1. The highest BCUT2D eigenvalue weighted by Crippen LogP contribution is 2.35. The Morgan fingerprint density at radius 3 is 2.42 bits per heavy atom. The number of nitrogens with two attached hydrogens (primary N) is 1. The summed E-state index contributed by atoms with van der Waals surface area (Å²) in [5, 5.41) is 19.5. The van der Waals surface area contributed by atoms with E-state index < -0.39 is 0 Å². The van der Waals surface area contributed by atoms with Crippen molar-refractivity contribution in [1.82, 2.24) is 4.98 Å². The van der Waals surface area contributed by atoms with Crippen LogP contribution in [0.5, 0.6) is 11.5 Å². The van der Waals surface area contributed by atoms with Crippen LogP contribution in [0.3, 0.4) is 0 Å². The number of ether oxygens (including phenoxy) is 1. The highest BCUT2D eigenvalue weighted by atomic mass is 16.5. The first-order valence-corrected chi connectivity index (χ1v) is 7.27. The van der Waals surface area contributed by atoms with Gasteiger partial charge in [0.1, 0.15) is 28.9 Å². The van der Waals surface area contributed by atoms with E-state index in [0.717, 1.165) is 11.3 Å². The van der Waals surface area contributed by atoms with Crippen LogP contribution in [0.2, 0.25) is 0 Å². The predicted octanol–water partition coefficient (Wildman–Crippen LogP) is 3.58. The van der Waals surface area contributed by atoms with E-state index in [1.807, 2.05) is 24.3 Å². The second-order valence-corrected chi connectivity index (χ2v) is 5.17. The monoisotopic (exact) mass is 317 g/mol. The standard InChI is InChI=1S/C19H15N3O2/c1-24-13-8-6-12(7-9-13)17-10-15(16(11-20)19(21)22-17)14-4-2-3-5-18(14)23/h2-10,23H,1H3,(H2,21,22). The molecule has 0 fully saturated rings. The summed E-state index contributed by atoms with van der Waals surface area (Å²) in [6.07, 6.45) is 0. The van der Waals surface area contributed by atoms with Gasteiger partial charge < -0.3 is 15.6 Å². The second kappa shape index (κ2) is 6.31. The van der Waals surface area contributed by atoms with Gasteiger partial charge in [0.05, 0.1) is 12.8 Å². The number of anilines is 1. The van der Waals surface area contributed by atoms with Gasteiger partial charge in [-0.25, -0.2) is 4.98 Å². The molecule has 0 saturated heterocycles. The number of phenols is 1. The Morgan fingerprint density at radius 2 is 1.79 bits per heavy atom. The Bertz CT molecular complexity index is 928. The molecular weight excluding hydrogens is 302 g/mol. The molecule has 1 aromatic heterocycles. The number of pyridine rings is 1. The number of aromatic hydroxyl groups is 1. The lowest BCUT2D eigenvalue weighted by Crippen LogP contribution is -2.00. The molecule has 1 heterocycles. The molecule has 0 spiro atoms. The van der Waals surface area contributed by atoms with Crippen LogP contribution in [0.4, 0.5) is 5.82 Å². The third-order valence-electron chi connectivity index (χ3n) is 3.74. The lowest BCUT2D eigenvalue weighted by molar-refractivity contribution is 0.415. The summed E-state index contributed by atoms with van der Waals surface area (Å²) in [4.78, 5) is 4.32. The van der Waals surface area contributed by atoms with Crippen molar-refractivity contribution in [3.8, 4) is 40.0 Å². The molecule has 0 aliphatic heterocycles. The van der Waals surface area contributed by atoms with Crippen LogP contribution in [0.1, 0.15) is 5.56 Å². The molecule has 24 heavy (non-hydrogen) atoms. The third kappa shape index (κ3) is 2.73. The molecule has 0 unspecified atom stereocenters. The highest BCUT2D eigenvalue weighted by Gasteiger charge is 2.15. The van der Waals surface area contributed by atoms with Gasteiger partial charge in [-0.15, -0.1) is 0 Å². The minimum Gasteiger partial charge on any atom is -0.507 e. The molecule has 0 saturated carbocycles. The van der Waals surface area contributed by atoms with Crippen LogP contribution >= 0.6 is 0 Å². The van der Waals surface area contributed by atoms with Crippen molar-refractivity contribution in [2.45, 2.75) is 0 Å². The number of hydrogen-bond acceptors (Lipinski definition) is 5. The maximum atomic E-state index is 10.1. The molecule has 2 aromatic carbocycles. The van der Waals surface area contributed by atoms with Gasteiger partial charge in [0.2, 0.25) is 0 Å². The van der Waals surface area contributed by atoms with Crippen LogP contribution in [-0.4, -0.2) is 17.2 Å². The van der Waals surface area contributed by atoms with Crippen molar-refractivity contribution in [2.75, 3.05) is 12.8 Å². The quantitative estimate of drug-likeness (QED) is 0.770. The molecule has 0 aliphatic carbocycles. The van der Waals surface area contributed by atoms with E-state index in [2.05, 4.69) is 11.1 Å². The fourth-order valence-corrected chi connectivity index (χ4v) is 2.51. The summed E-state index contributed by atoms with van der Waals surface area (Å²) in [7, 11) is 1.60. The first-order chi connectivity index (χ1) is 11.6. The van der Waals surface area contributed by atoms with E-state index in [9.17, 15) is 10.4 Å². The number of benzene rings is 2. The lowest BCUT2D eigenvalue weighted by Gasteiger charge is -2.11. The molecule has 3 rings (SSSR count). The summed E-state index contributed by atoms with van der Waals surface area (Å²) in [5.74, 6) is 0.950. The number of aromatic nitrogens is 1. The van der Waals surface area contributed by atoms with Crippen LogP contribution in [0, 0.1) is 11.3 Å². The molecule has 118 valence electrons. The van der Waals surface area contributed by atoms with Gasteiger partial charge in [0.15, 0.2) is 0 Å². The zero-order chi connectivity index (χ0) is 17.1. The Morgan fingerprint density at radius 1 is 1.08 bits per heavy atom. The smallest absolute Gasteiger partial charge is 0.142 e. The van der Waals surface area contributed by atoms with Crippen LogP contribution < -0.4 is 10.5 Å². The van der Waals surface area contributed by atoms with Crippen LogP contribution in [-0.2, 0) is 0 Å². The van der Waals surface area contributed by atoms with E-state index in [-0.39, 0.29) is 17.1 Å². The van der Waals surface area contributed by atoms with E-state index in [0.29, 0.717) is 16.8 Å². The predicted molar refractivity (Wildman–Crippen MR) is 92.5 cm³/mol. The number of para-hydroxylation sites is 1. The molecule has 3 N–H and O–H groups in total. The van der Waals surface area contributed by atoms with Crippen LogP contribution in [0.25, 0.3) is 22.4 Å². The fraction of sp³-hybridized carbons (Fsp3) is 0.0526. The van der Waals surface area contributed by atoms with E-state index in [1.54, 1.807) is 37.4 Å². The summed E-state index contributed by atoms with van der Waals surface area (Å²) in [6.45, 7) is 0. The van der Waals surface area contributed by atoms with Gasteiger partial charge in [-0.2, -0.15) is 5.26 Å². The van der Waals surface area contributed by atoms with Crippen molar-refractivity contribution in [3.63, 3.8) is 0 Å². The molecule has 0 aliphatic rings. The third-order valence-corrected chi connectivity index (χ3v) is 3.74. The molecule has 0 atom stereocenters. The highest BCUT2D eigenvalue weighted by molar-refractivity contribution is 5.82. The minimum atomic E-state index is 0.0836. The first-order valence-electron chi connectivity index (χ1n) is 7.27. The summed E-state index contributed by atoms with van der Waals surface area (Å²) in [5.41, 5.74) is 8.76. The zero-order valence-electron chi connectivity index (χ0n) is 13.0. The minimum absolute atomic E-state index is 0.0836. The van der Waals surface area contributed by atoms with Gasteiger partial charge in [-0.3, -0.25) is 0 Å². The summed E-state index contributed by atoms with van der Waals surface area (Å²) >= 11 is 0.